The largest absolute Gasteiger partial charge is 0.377 e. The molecule has 0 amide bonds. The molecule has 1 rings (SSSR count). The molecule has 0 radical (unpaired) electrons. The van der Waals surface area contributed by atoms with Crippen molar-refractivity contribution >= 4 is 31.9 Å². The zero-order valence-corrected chi connectivity index (χ0v) is 9.03. The first-order valence-corrected chi connectivity index (χ1v) is 5.70. The van der Waals surface area contributed by atoms with Crippen molar-refractivity contribution in [3.63, 3.8) is 0 Å². The molecule has 1 heterocycles. The van der Waals surface area contributed by atoms with Crippen molar-refractivity contribution in [3.8, 4) is 0 Å². The Morgan fingerprint density at radius 1 is 1.60 bits per heavy atom. The van der Waals surface area contributed by atoms with Crippen LogP contribution < -0.4 is 0 Å². The zero-order valence-electron chi connectivity index (χ0n) is 5.85. The van der Waals surface area contributed by atoms with Crippen molar-refractivity contribution in [2.45, 2.75) is 30.2 Å². The Morgan fingerprint density at radius 2 is 2.40 bits per heavy atom. The molecule has 1 nitrogen and oxygen atoms in total. The van der Waals surface area contributed by atoms with Crippen LogP contribution in [0.4, 0.5) is 0 Å². The summed E-state index contributed by atoms with van der Waals surface area (Å²) in [6, 6.07) is 0. The molecule has 0 aromatic carbocycles. The van der Waals surface area contributed by atoms with Gasteiger partial charge in [-0.05, 0) is 19.3 Å². The van der Waals surface area contributed by atoms with Gasteiger partial charge in [0.2, 0.25) is 0 Å². The van der Waals surface area contributed by atoms with E-state index in [2.05, 4.69) is 31.9 Å². The summed E-state index contributed by atoms with van der Waals surface area (Å²) in [6.07, 6.45) is 4.08. The third-order valence-corrected chi connectivity index (χ3v) is 3.26. The molecule has 0 N–H and O–H groups in total. The molecule has 1 saturated heterocycles. The highest BCUT2D eigenvalue weighted by Gasteiger charge is 2.22. The topological polar surface area (TPSA) is 9.23 Å². The number of hydrogen-bond donors (Lipinski definition) is 0. The van der Waals surface area contributed by atoms with Crippen molar-refractivity contribution < 1.29 is 4.74 Å². The van der Waals surface area contributed by atoms with Gasteiger partial charge >= 0.3 is 0 Å². The first-order chi connectivity index (χ1) is 4.84. The third-order valence-electron chi connectivity index (χ3n) is 1.75. The summed E-state index contributed by atoms with van der Waals surface area (Å²) < 4.78 is 5.50. The highest BCUT2D eigenvalue weighted by molar-refractivity contribution is 9.10. The number of halogens is 2. The van der Waals surface area contributed by atoms with E-state index in [0.717, 1.165) is 18.4 Å². The lowest BCUT2D eigenvalue weighted by atomic mass is 10.1. The first kappa shape index (κ1) is 9.01. The lowest BCUT2D eigenvalue weighted by Crippen LogP contribution is -2.19. The van der Waals surface area contributed by atoms with Crippen LogP contribution in [-0.4, -0.2) is 22.9 Å². The highest BCUT2D eigenvalue weighted by Crippen LogP contribution is 2.23. The lowest BCUT2D eigenvalue weighted by Gasteiger charge is -2.14. The van der Waals surface area contributed by atoms with Gasteiger partial charge in [-0.2, -0.15) is 0 Å². The van der Waals surface area contributed by atoms with Crippen LogP contribution in [0.3, 0.4) is 0 Å². The van der Waals surface area contributed by atoms with Gasteiger partial charge in [0, 0.05) is 16.8 Å². The zero-order chi connectivity index (χ0) is 7.40. The molecule has 0 saturated carbocycles. The van der Waals surface area contributed by atoms with E-state index < -0.39 is 0 Å². The molecular weight excluding hydrogens is 260 g/mol. The molecule has 1 aliphatic rings. The van der Waals surface area contributed by atoms with Crippen molar-refractivity contribution in [2.75, 3.05) is 11.9 Å². The van der Waals surface area contributed by atoms with Gasteiger partial charge in [0.25, 0.3) is 0 Å². The molecule has 1 aliphatic heterocycles. The van der Waals surface area contributed by atoms with Crippen LogP contribution >= 0.6 is 31.9 Å². The standard InChI is InChI=1S/C7H12Br2O/c8-4-3-6(9)7-2-1-5-10-7/h6-7H,1-5H2. The summed E-state index contributed by atoms with van der Waals surface area (Å²) in [7, 11) is 0. The van der Waals surface area contributed by atoms with E-state index >= 15 is 0 Å². The van der Waals surface area contributed by atoms with Gasteiger partial charge in [0.15, 0.2) is 0 Å². The van der Waals surface area contributed by atoms with Crippen LogP contribution in [0.25, 0.3) is 0 Å². The highest BCUT2D eigenvalue weighted by atomic mass is 79.9. The summed E-state index contributed by atoms with van der Waals surface area (Å²) in [5, 5.41) is 1.06. The Labute approximate surface area is 78.8 Å². The number of hydrogen-bond acceptors (Lipinski definition) is 1. The van der Waals surface area contributed by atoms with Gasteiger partial charge in [-0.3, -0.25) is 0 Å². The van der Waals surface area contributed by atoms with Gasteiger partial charge in [0.1, 0.15) is 0 Å². The van der Waals surface area contributed by atoms with Crippen LogP contribution in [0, 0.1) is 0 Å². The molecule has 2 atom stereocenters. The summed E-state index contributed by atoms with van der Waals surface area (Å²) in [4.78, 5) is 0.550. The molecule has 10 heavy (non-hydrogen) atoms. The van der Waals surface area contributed by atoms with Gasteiger partial charge in [-0.15, -0.1) is 0 Å². The lowest BCUT2D eigenvalue weighted by molar-refractivity contribution is 0.110. The second-order valence-corrected chi connectivity index (χ2v) is 4.51. The predicted molar refractivity (Wildman–Crippen MR) is 50.1 cm³/mol. The average molecular weight is 272 g/mol. The SMILES string of the molecule is BrCCC(Br)C1CCCO1. The molecule has 2 unspecified atom stereocenters. The smallest absolute Gasteiger partial charge is 0.0701 e. The van der Waals surface area contributed by atoms with Crippen LogP contribution in [-0.2, 0) is 4.74 Å². The van der Waals surface area contributed by atoms with Gasteiger partial charge in [-0.25, -0.2) is 0 Å². The normalized spacial score (nSPS) is 28.8. The van der Waals surface area contributed by atoms with E-state index in [4.69, 9.17) is 4.74 Å². The quantitative estimate of drug-likeness (QED) is 0.718. The fourth-order valence-corrected chi connectivity index (χ4v) is 2.93. The maximum atomic E-state index is 5.50. The maximum Gasteiger partial charge on any atom is 0.0701 e. The van der Waals surface area contributed by atoms with E-state index in [1.54, 1.807) is 0 Å². The number of rotatable bonds is 3. The fraction of sp³-hybridized carbons (Fsp3) is 1.00. The summed E-state index contributed by atoms with van der Waals surface area (Å²) in [5.41, 5.74) is 0. The van der Waals surface area contributed by atoms with Crippen LogP contribution in [0.1, 0.15) is 19.3 Å². The Bertz CT molecular complexity index is 91.6. The van der Waals surface area contributed by atoms with E-state index in [1.807, 2.05) is 0 Å². The van der Waals surface area contributed by atoms with Crippen LogP contribution in [0.2, 0.25) is 0 Å². The Balaban J connectivity index is 2.18. The van der Waals surface area contributed by atoms with E-state index in [0.29, 0.717) is 10.9 Å². The van der Waals surface area contributed by atoms with Crippen molar-refractivity contribution in [3.05, 3.63) is 0 Å². The first-order valence-electron chi connectivity index (χ1n) is 3.66. The van der Waals surface area contributed by atoms with Gasteiger partial charge < -0.3 is 4.74 Å². The maximum absolute atomic E-state index is 5.50. The molecule has 0 aromatic rings. The van der Waals surface area contributed by atoms with Crippen molar-refractivity contribution in [2.24, 2.45) is 0 Å². The predicted octanol–water partition coefficient (Wildman–Crippen LogP) is 2.71. The molecule has 60 valence electrons. The van der Waals surface area contributed by atoms with Crippen molar-refractivity contribution in [1.82, 2.24) is 0 Å². The number of alkyl halides is 2. The van der Waals surface area contributed by atoms with Gasteiger partial charge in [0.05, 0.1) is 6.10 Å². The molecule has 0 aromatic heterocycles. The Hall–Kier alpha value is 0.920. The molecule has 3 heteroatoms. The summed E-state index contributed by atoms with van der Waals surface area (Å²) >= 11 is 7.02. The molecule has 0 spiro atoms. The summed E-state index contributed by atoms with van der Waals surface area (Å²) in [6.45, 7) is 0.953. The molecule has 0 bridgehead atoms. The van der Waals surface area contributed by atoms with Gasteiger partial charge in [-0.1, -0.05) is 31.9 Å². The third kappa shape index (κ3) is 2.51. The number of ether oxygens (including phenoxy) is 1. The molecule has 1 fully saturated rings. The monoisotopic (exact) mass is 270 g/mol. The molecule has 0 aliphatic carbocycles. The van der Waals surface area contributed by atoms with Crippen LogP contribution in [0.5, 0.6) is 0 Å². The fourth-order valence-electron chi connectivity index (χ4n) is 1.18. The Morgan fingerprint density at radius 3 is 2.90 bits per heavy atom. The van der Waals surface area contributed by atoms with Crippen molar-refractivity contribution in [1.29, 1.82) is 0 Å². The van der Waals surface area contributed by atoms with E-state index in [1.165, 1.54) is 12.8 Å². The van der Waals surface area contributed by atoms with E-state index in [9.17, 15) is 0 Å². The Kier molecular flexibility index (Phi) is 4.26. The second kappa shape index (κ2) is 4.73. The minimum atomic E-state index is 0.470. The summed E-state index contributed by atoms with van der Waals surface area (Å²) in [5.74, 6) is 0. The molecular formula is C7H12Br2O. The van der Waals surface area contributed by atoms with Crippen LogP contribution in [0.15, 0.2) is 0 Å². The minimum absolute atomic E-state index is 0.470. The second-order valence-electron chi connectivity index (χ2n) is 2.55. The van der Waals surface area contributed by atoms with E-state index in [-0.39, 0.29) is 0 Å². The minimum Gasteiger partial charge on any atom is -0.377 e. The average Bonchev–Trinajstić information content (AvgIpc) is 2.38.